The monoisotopic (exact) mass is 254 g/mol. The molecule has 0 spiro atoms. The van der Waals surface area contributed by atoms with Crippen molar-refractivity contribution in [1.82, 2.24) is 0 Å². The molecule has 0 aromatic rings. The van der Waals surface area contributed by atoms with Crippen LogP contribution >= 0.6 is 0 Å². The number of carbonyl (C=O) groups is 2. The molecule has 0 saturated carbocycles. The molecule has 0 aliphatic rings. The Hall–Kier alpha value is -1.58. The molecule has 0 aromatic heterocycles. The molecule has 4 heteroatoms. The number of esters is 2. The first-order valence-corrected chi connectivity index (χ1v) is 6.11. The van der Waals surface area contributed by atoms with Crippen LogP contribution in [0.3, 0.4) is 0 Å². The number of hydrogen-bond donors (Lipinski definition) is 0. The maximum Gasteiger partial charge on any atom is 0.336 e. The molecular weight excluding hydrogens is 232 g/mol. The Kier molecular flexibility index (Phi) is 7.76. The molecule has 0 rings (SSSR count). The predicted octanol–water partition coefficient (Wildman–Crippen LogP) is 3.13. The maximum absolute atomic E-state index is 11.4. The second-order valence-electron chi connectivity index (χ2n) is 4.30. The van der Waals surface area contributed by atoms with Crippen molar-refractivity contribution in [1.29, 1.82) is 0 Å². The van der Waals surface area contributed by atoms with Crippen LogP contribution in [-0.4, -0.2) is 18.2 Å². The normalized spacial score (nSPS) is 10.0. The Labute approximate surface area is 109 Å². The van der Waals surface area contributed by atoms with Crippen molar-refractivity contribution in [3.05, 3.63) is 24.3 Å². The van der Waals surface area contributed by atoms with Crippen LogP contribution < -0.4 is 0 Å². The summed E-state index contributed by atoms with van der Waals surface area (Å²) in [5.41, 5.74) is 0.559. The van der Waals surface area contributed by atoms with Gasteiger partial charge in [0.05, 0.1) is 0 Å². The Balaban J connectivity index is 4.41. The smallest absolute Gasteiger partial charge is 0.336 e. The number of ether oxygens (including phenoxy) is 2. The maximum atomic E-state index is 11.4. The molecule has 0 aromatic carbocycles. The third-order valence-electron chi connectivity index (χ3n) is 2.22. The molecule has 4 nitrogen and oxygen atoms in total. The van der Waals surface area contributed by atoms with Gasteiger partial charge in [-0.15, -0.1) is 0 Å². The van der Waals surface area contributed by atoms with Gasteiger partial charge in [-0.05, 0) is 20.3 Å². The van der Waals surface area contributed by atoms with Crippen LogP contribution in [0.5, 0.6) is 0 Å². The molecule has 0 saturated heterocycles. The van der Waals surface area contributed by atoms with E-state index in [-0.39, 0.29) is 11.1 Å². The van der Waals surface area contributed by atoms with Crippen molar-refractivity contribution in [3.63, 3.8) is 0 Å². The minimum absolute atomic E-state index is 0.280. The van der Waals surface area contributed by atoms with E-state index >= 15 is 0 Å². The van der Waals surface area contributed by atoms with Crippen LogP contribution in [0.4, 0.5) is 0 Å². The third-order valence-corrected chi connectivity index (χ3v) is 2.22. The molecule has 0 bridgehead atoms. The lowest BCUT2D eigenvalue weighted by molar-refractivity contribution is -0.183. The van der Waals surface area contributed by atoms with E-state index in [0.29, 0.717) is 6.42 Å². The summed E-state index contributed by atoms with van der Waals surface area (Å²) in [5, 5.41) is 0. The molecule has 0 heterocycles. The van der Waals surface area contributed by atoms with E-state index in [1.54, 1.807) is 13.8 Å². The standard InChI is InChI=1S/C14H22O4/c1-6-7-8-9-12(17-13(15)10(2)3)18-14(16)11(4)5/h12H,2,4,6-9H2,1,3,5H3. The lowest BCUT2D eigenvalue weighted by Crippen LogP contribution is -2.25. The van der Waals surface area contributed by atoms with E-state index in [1.807, 2.05) is 0 Å². The Morgan fingerprint density at radius 1 is 1.00 bits per heavy atom. The van der Waals surface area contributed by atoms with Crippen LogP contribution in [0.15, 0.2) is 24.3 Å². The van der Waals surface area contributed by atoms with Gasteiger partial charge in [-0.1, -0.05) is 32.9 Å². The van der Waals surface area contributed by atoms with Crippen molar-refractivity contribution >= 4 is 11.9 Å². The van der Waals surface area contributed by atoms with Crippen LogP contribution in [0.2, 0.25) is 0 Å². The predicted molar refractivity (Wildman–Crippen MR) is 69.7 cm³/mol. The second kappa shape index (κ2) is 8.50. The second-order valence-corrected chi connectivity index (χ2v) is 4.30. The topological polar surface area (TPSA) is 52.6 Å². The minimum Gasteiger partial charge on any atom is -0.422 e. The molecule has 0 unspecified atom stereocenters. The first kappa shape index (κ1) is 16.4. The first-order chi connectivity index (χ1) is 8.38. The number of carbonyl (C=O) groups excluding carboxylic acids is 2. The highest BCUT2D eigenvalue weighted by molar-refractivity contribution is 5.88. The van der Waals surface area contributed by atoms with Crippen LogP contribution in [0, 0.1) is 0 Å². The first-order valence-electron chi connectivity index (χ1n) is 6.11. The van der Waals surface area contributed by atoms with Gasteiger partial charge in [0, 0.05) is 17.6 Å². The zero-order chi connectivity index (χ0) is 14.1. The molecular formula is C14H22O4. The average molecular weight is 254 g/mol. The SMILES string of the molecule is C=C(C)C(=O)OC(CCCCC)OC(=O)C(=C)C. The summed E-state index contributed by atoms with van der Waals surface area (Å²) in [4.78, 5) is 22.8. The van der Waals surface area contributed by atoms with Crippen molar-refractivity contribution < 1.29 is 19.1 Å². The number of rotatable bonds is 8. The van der Waals surface area contributed by atoms with Gasteiger partial charge in [-0.3, -0.25) is 0 Å². The van der Waals surface area contributed by atoms with E-state index in [4.69, 9.17) is 9.47 Å². The van der Waals surface area contributed by atoms with E-state index in [1.165, 1.54) is 0 Å². The fourth-order valence-corrected chi connectivity index (χ4v) is 1.14. The van der Waals surface area contributed by atoms with Crippen molar-refractivity contribution in [2.75, 3.05) is 0 Å². The van der Waals surface area contributed by atoms with Gasteiger partial charge in [-0.25, -0.2) is 9.59 Å². The van der Waals surface area contributed by atoms with Crippen molar-refractivity contribution in [3.8, 4) is 0 Å². The van der Waals surface area contributed by atoms with Gasteiger partial charge in [0.25, 0.3) is 0 Å². The summed E-state index contributed by atoms with van der Waals surface area (Å²) < 4.78 is 10.1. The van der Waals surface area contributed by atoms with Gasteiger partial charge >= 0.3 is 11.9 Å². The molecule has 0 amide bonds. The van der Waals surface area contributed by atoms with E-state index < -0.39 is 18.2 Å². The summed E-state index contributed by atoms with van der Waals surface area (Å²) in [6.45, 7) is 12.1. The van der Waals surface area contributed by atoms with E-state index in [0.717, 1.165) is 19.3 Å². The van der Waals surface area contributed by atoms with Gasteiger partial charge in [0.1, 0.15) is 0 Å². The van der Waals surface area contributed by atoms with Gasteiger partial charge < -0.3 is 9.47 Å². The van der Waals surface area contributed by atoms with Crippen LogP contribution in [0.1, 0.15) is 46.5 Å². The fourth-order valence-electron chi connectivity index (χ4n) is 1.14. The summed E-state index contributed by atoms with van der Waals surface area (Å²) in [6.07, 6.45) is 2.49. The molecule has 0 radical (unpaired) electrons. The average Bonchev–Trinajstić information content (AvgIpc) is 2.28. The Bertz CT molecular complexity index is 303. The highest BCUT2D eigenvalue weighted by Gasteiger charge is 2.19. The minimum atomic E-state index is -0.857. The molecule has 0 atom stereocenters. The van der Waals surface area contributed by atoms with Crippen LogP contribution in [0.25, 0.3) is 0 Å². The van der Waals surface area contributed by atoms with Gasteiger partial charge in [0.2, 0.25) is 6.29 Å². The quantitative estimate of drug-likeness (QED) is 0.289. The lowest BCUT2D eigenvalue weighted by Gasteiger charge is -2.18. The molecule has 0 aliphatic carbocycles. The van der Waals surface area contributed by atoms with Gasteiger partial charge in [-0.2, -0.15) is 0 Å². The third kappa shape index (κ3) is 6.89. The Morgan fingerprint density at radius 3 is 1.78 bits per heavy atom. The molecule has 0 N–H and O–H groups in total. The summed E-state index contributed by atoms with van der Waals surface area (Å²) in [7, 11) is 0. The van der Waals surface area contributed by atoms with E-state index in [2.05, 4.69) is 20.1 Å². The molecule has 0 aliphatic heterocycles. The number of unbranched alkanes of at least 4 members (excludes halogenated alkanes) is 2. The molecule has 0 fully saturated rings. The summed E-state index contributed by atoms with van der Waals surface area (Å²) in [5.74, 6) is -1.10. The van der Waals surface area contributed by atoms with Gasteiger partial charge in [0.15, 0.2) is 0 Å². The van der Waals surface area contributed by atoms with Crippen molar-refractivity contribution in [2.45, 2.75) is 52.7 Å². The number of hydrogen-bond acceptors (Lipinski definition) is 4. The molecule has 102 valence electrons. The summed E-state index contributed by atoms with van der Waals surface area (Å²) in [6, 6.07) is 0. The lowest BCUT2D eigenvalue weighted by atomic mass is 10.2. The fraction of sp³-hybridized carbons (Fsp3) is 0.571. The largest absolute Gasteiger partial charge is 0.422 e. The summed E-state index contributed by atoms with van der Waals surface area (Å²) >= 11 is 0. The Morgan fingerprint density at radius 2 is 1.44 bits per heavy atom. The zero-order valence-electron chi connectivity index (χ0n) is 11.5. The molecule has 18 heavy (non-hydrogen) atoms. The van der Waals surface area contributed by atoms with E-state index in [9.17, 15) is 9.59 Å². The van der Waals surface area contributed by atoms with Crippen molar-refractivity contribution in [2.24, 2.45) is 0 Å². The van der Waals surface area contributed by atoms with Crippen LogP contribution in [-0.2, 0) is 19.1 Å². The highest BCUT2D eigenvalue weighted by atomic mass is 16.7. The highest BCUT2D eigenvalue weighted by Crippen LogP contribution is 2.12. The zero-order valence-corrected chi connectivity index (χ0v) is 11.5.